The van der Waals surface area contributed by atoms with Crippen LogP contribution < -0.4 is 19.1 Å². The number of hydrogen-bond acceptors (Lipinski definition) is 6. The first-order chi connectivity index (χ1) is 23.6. The molecule has 4 aromatic carbocycles. The van der Waals surface area contributed by atoms with E-state index >= 15 is 0 Å². The van der Waals surface area contributed by atoms with Gasteiger partial charge >= 0.3 is 0 Å². The fraction of sp³-hybridized carbons (Fsp3) is 0.316. The van der Waals surface area contributed by atoms with Crippen LogP contribution in [0.25, 0.3) is 0 Å². The van der Waals surface area contributed by atoms with E-state index in [1.165, 1.54) is 49.5 Å². The molecule has 1 N–H and O–H groups in total. The molecule has 2 amide bonds. The number of nitrogens with one attached hydrogen (secondary N) is 1. The third-order valence-corrected chi connectivity index (χ3v) is 10.6. The van der Waals surface area contributed by atoms with Gasteiger partial charge in [0.15, 0.2) is 0 Å². The molecule has 1 unspecified atom stereocenters. The highest BCUT2D eigenvalue weighted by atomic mass is 32.2. The summed E-state index contributed by atoms with van der Waals surface area (Å²) in [6.45, 7) is 1.12. The Hall–Kier alpha value is -4.90. The van der Waals surface area contributed by atoms with Gasteiger partial charge in [-0.25, -0.2) is 12.8 Å². The Morgan fingerprint density at radius 3 is 2.18 bits per heavy atom. The van der Waals surface area contributed by atoms with Gasteiger partial charge in [0, 0.05) is 25.1 Å². The third-order valence-electron chi connectivity index (χ3n) is 8.78. The molecule has 0 heterocycles. The van der Waals surface area contributed by atoms with Crippen LogP contribution in [0.1, 0.15) is 42.4 Å². The zero-order valence-electron chi connectivity index (χ0n) is 28.0. The third kappa shape index (κ3) is 8.77. The number of methoxy groups -OCH3 is 2. The molecule has 0 radical (unpaired) electrons. The summed E-state index contributed by atoms with van der Waals surface area (Å²) in [7, 11) is -1.49. The van der Waals surface area contributed by atoms with Gasteiger partial charge in [0.2, 0.25) is 11.8 Å². The molecule has 1 aliphatic rings. The first-order valence-electron chi connectivity index (χ1n) is 16.3. The minimum absolute atomic E-state index is 0.0204. The number of carbonyl (C=O) groups is 2. The number of sulfonamides is 1. The molecule has 1 atom stereocenters. The number of carbonyl (C=O) groups excluding carboxylic acids is 2. The van der Waals surface area contributed by atoms with Crippen LogP contribution in [-0.4, -0.2) is 58.0 Å². The molecule has 9 nitrogen and oxygen atoms in total. The Morgan fingerprint density at radius 1 is 0.878 bits per heavy atom. The molecule has 1 aliphatic carbocycles. The lowest BCUT2D eigenvalue weighted by Crippen LogP contribution is -2.54. The molecule has 1 fully saturated rings. The lowest BCUT2D eigenvalue weighted by molar-refractivity contribution is -0.140. The van der Waals surface area contributed by atoms with Gasteiger partial charge in [-0.1, -0.05) is 73.0 Å². The average Bonchev–Trinajstić information content (AvgIpc) is 3.62. The van der Waals surface area contributed by atoms with Crippen LogP contribution in [0.15, 0.2) is 102 Å². The van der Waals surface area contributed by atoms with Crippen molar-refractivity contribution in [3.05, 3.63) is 120 Å². The van der Waals surface area contributed by atoms with Gasteiger partial charge in [0.1, 0.15) is 29.9 Å². The number of amides is 2. The monoisotopic (exact) mass is 687 g/mol. The Bertz CT molecular complexity index is 1830. The smallest absolute Gasteiger partial charge is 0.264 e. The van der Waals surface area contributed by atoms with E-state index in [2.05, 4.69) is 5.32 Å². The number of benzene rings is 4. The number of rotatable bonds is 14. The van der Waals surface area contributed by atoms with Gasteiger partial charge in [-0.2, -0.15) is 0 Å². The van der Waals surface area contributed by atoms with Gasteiger partial charge in [-0.3, -0.25) is 13.9 Å². The van der Waals surface area contributed by atoms with Crippen molar-refractivity contribution in [2.24, 2.45) is 0 Å². The SMILES string of the molecule is COc1ccc(OC)c(N(CC(=O)N(Cc2ccc(F)cc2)C(Cc2ccccc2)C(=O)NC2CCCC2)S(=O)(=O)c2ccc(C)cc2)c1. The van der Waals surface area contributed by atoms with Crippen LogP contribution in [0, 0.1) is 12.7 Å². The Balaban J connectivity index is 1.61. The second kappa shape index (κ2) is 16.0. The largest absolute Gasteiger partial charge is 0.497 e. The van der Waals surface area contributed by atoms with Crippen molar-refractivity contribution >= 4 is 27.5 Å². The molecular formula is C38H42FN3O6S. The molecule has 5 rings (SSSR count). The van der Waals surface area contributed by atoms with Crippen molar-refractivity contribution in [1.82, 2.24) is 10.2 Å². The summed E-state index contributed by atoms with van der Waals surface area (Å²) in [5.74, 6) is -0.852. The highest BCUT2D eigenvalue weighted by Gasteiger charge is 2.36. The molecular weight excluding hydrogens is 645 g/mol. The normalized spacial score (nSPS) is 13.8. The van der Waals surface area contributed by atoms with Gasteiger partial charge < -0.3 is 19.7 Å². The molecule has 4 aromatic rings. The number of hydrogen-bond donors (Lipinski definition) is 1. The van der Waals surface area contributed by atoms with E-state index in [1.54, 1.807) is 36.4 Å². The second-order valence-corrected chi connectivity index (χ2v) is 14.1. The summed E-state index contributed by atoms with van der Waals surface area (Å²) in [5, 5.41) is 3.15. The molecule has 0 saturated heterocycles. The Labute approximate surface area is 287 Å². The molecule has 11 heteroatoms. The highest BCUT2D eigenvalue weighted by Crippen LogP contribution is 2.36. The Morgan fingerprint density at radius 2 is 1.55 bits per heavy atom. The lowest BCUT2D eigenvalue weighted by Gasteiger charge is -2.34. The molecule has 49 heavy (non-hydrogen) atoms. The lowest BCUT2D eigenvalue weighted by atomic mass is 10.0. The summed E-state index contributed by atoms with van der Waals surface area (Å²) in [5.41, 5.74) is 2.36. The minimum atomic E-state index is -4.36. The molecule has 0 aromatic heterocycles. The highest BCUT2D eigenvalue weighted by molar-refractivity contribution is 7.92. The molecule has 0 bridgehead atoms. The minimum Gasteiger partial charge on any atom is -0.497 e. The average molecular weight is 688 g/mol. The maximum absolute atomic E-state index is 14.8. The van der Waals surface area contributed by atoms with E-state index in [4.69, 9.17) is 9.47 Å². The maximum Gasteiger partial charge on any atom is 0.264 e. The van der Waals surface area contributed by atoms with Crippen LogP contribution in [0.3, 0.4) is 0 Å². The fourth-order valence-electron chi connectivity index (χ4n) is 6.05. The first-order valence-corrected chi connectivity index (χ1v) is 17.7. The van der Waals surface area contributed by atoms with E-state index in [0.29, 0.717) is 11.3 Å². The van der Waals surface area contributed by atoms with E-state index in [0.717, 1.165) is 41.1 Å². The standard InChI is InChI=1S/C38H42FN3O6S/c1-27-13-20-33(21-14-27)49(45,46)42(34-24-32(47-2)19-22-36(34)48-3)26-37(43)41(25-29-15-17-30(39)18-16-29)35(23-28-9-5-4-6-10-28)38(44)40-31-11-7-8-12-31/h4-6,9-10,13-22,24,31,35H,7-8,11-12,23,25-26H2,1-3H3,(H,40,44). The number of nitrogens with zero attached hydrogens (tertiary/aromatic N) is 2. The van der Waals surface area contributed by atoms with Gasteiger partial charge in [-0.05, 0) is 67.3 Å². The number of aryl methyl sites for hydroxylation is 1. The van der Waals surface area contributed by atoms with Crippen LogP contribution in [0.2, 0.25) is 0 Å². The fourth-order valence-corrected chi connectivity index (χ4v) is 7.47. The predicted octanol–water partition coefficient (Wildman–Crippen LogP) is 6.05. The zero-order chi connectivity index (χ0) is 35.0. The Kier molecular flexibility index (Phi) is 11.6. The first kappa shape index (κ1) is 35.4. The van der Waals surface area contributed by atoms with Crippen LogP contribution >= 0.6 is 0 Å². The van der Waals surface area contributed by atoms with Crippen molar-refractivity contribution in [1.29, 1.82) is 0 Å². The summed E-state index contributed by atoms with van der Waals surface area (Å²) >= 11 is 0. The topological polar surface area (TPSA) is 105 Å². The summed E-state index contributed by atoms with van der Waals surface area (Å²) in [4.78, 5) is 30.3. The summed E-state index contributed by atoms with van der Waals surface area (Å²) < 4.78 is 54.8. The van der Waals surface area contributed by atoms with Gasteiger partial charge in [0.25, 0.3) is 10.0 Å². The summed E-state index contributed by atoms with van der Waals surface area (Å²) in [6.07, 6.45) is 3.86. The van der Waals surface area contributed by atoms with Crippen molar-refractivity contribution in [3.63, 3.8) is 0 Å². The molecule has 0 spiro atoms. The molecule has 0 aliphatic heterocycles. The van der Waals surface area contributed by atoms with E-state index < -0.39 is 34.3 Å². The maximum atomic E-state index is 14.8. The number of halogens is 1. The van der Waals surface area contributed by atoms with Gasteiger partial charge in [0.05, 0.1) is 24.8 Å². The summed E-state index contributed by atoms with van der Waals surface area (Å²) in [6, 6.07) is 25.0. The van der Waals surface area contributed by atoms with E-state index in [9.17, 15) is 22.4 Å². The van der Waals surface area contributed by atoms with Crippen molar-refractivity contribution in [2.75, 3.05) is 25.1 Å². The van der Waals surface area contributed by atoms with E-state index in [-0.39, 0.29) is 41.2 Å². The van der Waals surface area contributed by atoms with Crippen molar-refractivity contribution < 1.29 is 31.9 Å². The van der Waals surface area contributed by atoms with E-state index in [1.807, 2.05) is 37.3 Å². The van der Waals surface area contributed by atoms with Gasteiger partial charge in [-0.15, -0.1) is 0 Å². The van der Waals surface area contributed by atoms with Crippen molar-refractivity contribution in [3.8, 4) is 11.5 Å². The second-order valence-electron chi connectivity index (χ2n) is 12.2. The van der Waals surface area contributed by atoms with Crippen LogP contribution in [0.4, 0.5) is 10.1 Å². The quantitative estimate of drug-likeness (QED) is 0.173. The molecule has 258 valence electrons. The molecule has 1 saturated carbocycles. The van der Waals surface area contributed by atoms with Crippen LogP contribution in [0.5, 0.6) is 11.5 Å². The van der Waals surface area contributed by atoms with Crippen molar-refractivity contribution in [2.45, 2.75) is 62.6 Å². The zero-order valence-corrected chi connectivity index (χ0v) is 28.8. The number of ether oxygens (including phenoxy) is 2. The predicted molar refractivity (Wildman–Crippen MR) is 187 cm³/mol. The van der Waals surface area contributed by atoms with Crippen LogP contribution in [-0.2, 0) is 32.6 Å². The number of anilines is 1.